The number of benzene rings is 1. The molecule has 5 nitrogen and oxygen atoms in total. The Morgan fingerprint density at radius 3 is 2.61 bits per heavy atom. The van der Waals surface area contributed by atoms with Crippen molar-refractivity contribution >= 4 is 11.7 Å². The highest BCUT2D eigenvalue weighted by Crippen LogP contribution is 2.31. The fourth-order valence-corrected chi connectivity index (χ4v) is 2.61. The predicted octanol–water partition coefficient (Wildman–Crippen LogP) is 4.07. The zero-order chi connectivity index (χ0) is 20.3. The first-order chi connectivity index (χ1) is 13.3. The molecule has 1 aromatic heterocycles. The molecule has 28 heavy (non-hydrogen) atoms. The zero-order valence-electron chi connectivity index (χ0n) is 15.0. The molecule has 1 aliphatic heterocycles. The van der Waals surface area contributed by atoms with Gasteiger partial charge in [-0.05, 0) is 31.9 Å². The van der Waals surface area contributed by atoms with Crippen LogP contribution in [0.1, 0.15) is 36.9 Å². The molecule has 1 aliphatic carbocycles. The van der Waals surface area contributed by atoms with Gasteiger partial charge < -0.3 is 10.6 Å². The zero-order valence-corrected chi connectivity index (χ0v) is 15.0. The van der Waals surface area contributed by atoms with Crippen LogP contribution in [0.25, 0.3) is 0 Å². The fourth-order valence-electron chi connectivity index (χ4n) is 2.61. The molecule has 4 rings (SSSR count). The van der Waals surface area contributed by atoms with E-state index < -0.39 is 24.1 Å². The summed E-state index contributed by atoms with van der Waals surface area (Å²) in [6.45, 7) is 0.907. The average Bonchev–Trinajstić information content (AvgIpc) is 3.35. The highest BCUT2D eigenvalue weighted by Gasteiger charge is 2.26. The summed E-state index contributed by atoms with van der Waals surface area (Å²) >= 11 is 0. The second kappa shape index (κ2) is 8.33. The largest absolute Gasteiger partial charge is 0.320 e. The Labute approximate surface area is 159 Å². The molecule has 0 radical (unpaired) electrons. The van der Waals surface area contributed by atoms with Gasteiger partial charge in [-0.3, -0.25) is 4.68 Å². The third kappa shape index (κ3) is 5.25. The number of carbonyl (C=O) groups is 1. The van der Waals surface area contributed by atoms with Crippen LogP contribution in [0.5, 0.6) is 0 Å². The van der Waals surface area contributed by atoms with E-state index in [4.69, 9.17) is 0 Å². The minimum Gasteiger partial charge on any atom is -0.320 e. The molecule has 0 spiro atoms. The summed E-state index contributed by atoms with van der Waals surface area (Å²) in [5.74, 6) is 5.57. The number of rotatable bonds is 2. The van der Waals surface area contributed by atoms with Gasteiger partial charge in [-0.2, -0.15) is 5.10 Å². The van der Waals surface area contributed by atoms with E-state index in [9.17, 15) is 22.4 Å². The fraction of sp³-hybridized carbons (Fsp3) is 0.368. The van der Waals surface area contributed by atoms with Crippen LogP contribution >= 0.6 is 0 Å². The molecule has 148 valence electrons. The maximum atomic E-state index is 14.4. The number of hydrogen-bond donors (Lipinski definition) is 2. The van der Waals surface area contributed by atoms with E-state index in [-0.39, 0.29) is 12.6 Å². The molecule has 2 heterocycles. The van der Waals surface area contributed by atoms with E-state index in [0.717, 1.165) is 26.0 Å². The maximum Gasteiger partial charge on any atom is 0.320 e. The number of nitrogens with one attached hydrogen (secondary N) is 2. The molecular weight excluding hydrogens is 376 g/mol. The summed E-state index contributed by atoms with van der Waals surface area (Å²) in [5.41, 5.74) is 1.42. The van der Waals surface area contributed by atoms with Crippen molar-refractivity contribution in [2.45, 2.75) is 38.8 Å². The minimum absolute atomic E-state index is 0.0742. The van der Waals surface area contributed by atoms with Gasteiger partial charge in [0.25, 0.3) is 0 Å². The van der Waals surface area contributed by atoms with Gasteiger partial charge in [0, 0.05) is 22.7 Å². The second-order valence-electron chi connectivity index (χ2n) is 6.50. The van der Waals surface area contributed by atoms with Crippen LogP contribution < -0.4 is 10.6 Å². The molecule has 2 aliphatic rings. The predicted molar refractivity (Wildman–Crippen MR) is 94.8 cm³/mol. The monoisotopic (exact) mass is 394 g/mol. The molecule has 1 saturated carbocycles. The molecule has 2 amide bonds. The summed E-state index contributed by atoms with van der Waals surface area (Å²) in [6.07, 6.45) is 2.23. The summed E-state index contributed by atoms with van der Waals surface area (Å²) in [6, 6.07) is 2.01. The molecule has 0 bridgehead atoms. The number of urea groups is 1. The van der Waals surface area contributed by atoms with Crippen molar-refractivity contribution in [1.29, 1.82) is 0 Å². The summed E-state index contributed by atoms with van der Waals surface area (Å²) < 4.78 is 49.4. The average molecular weight is 394 g/mol. The Hall–Kier alpha value is -3.02. The number of anilines is 1. The molecule has 2 aromatic rings. The van der Waals surface area contributed by atoms with Gasteiger partial charge >= 0.3 is 6.03 Å². The van der Waals surface area contributed by atoms with Crippen molar-refractivity contribution in [2.24, 2.45) is 5.92 Å². The van der Waals surface area contributed by atoms with Gasteiger partial charge in [-0.15, -0.1) is 0 Å². The number of fused-ring (bicyclic) bond motifs is 1. The van der Waals surface area contributed by atoms with Gasteiger partial charge in [0.15, 0.2) is 5.82 Å². The van der Waals surface area contributed by atoms with Crippen LogP contribution in [-0.2, 0) is 6.54 Å². The van der Waals surface area contributed by atoms with Gasteiger partial charge in [0.05, 0.1) is 18.9 Å². The molecular formula is C19H18F4N4O. The second-order valence-corrected chi connectivity index (χ2v) is 6.50. The quantitative estimate of drug-likeness (QED) is 0.596. The molecule has 2 N–H and O–H groups in total. The number of nitrogens with zero attached hydrogens (tertiary/aromatic N) is 2. The van der Waals surface area contributed by atoms with Crippen LogP contribution in [-0.4, -0.2) is 22.2 Å². The van der Waals surface area contributed by atoms with E-state index >= 15 is 0 Å². The Morgan fingerprint density at radius 2 is 2.00 bits per heavy atom. The number of aromatic nitrogens is 2. The van der Waals surface area contributed by atoms with Crippen LogP contribution in [0, 0.1) is 29.4 Å². The Kier molecular flexibility index (Phi) is 5.87. The standard InChI is InChI=1S/C17H14F2N4O.C2H4F2/c18-12-7-20-23(9-12)8-11-5-16-13(6-14(11)19)15(21-17(24)22-16)4-3-10-1-2-10;1-2(3)4/h5-7,9-10,15H,1-2,8H2,(H2,21,22,24);2H,1H3. The normalized spacial score (nSPS) is 17.5. The SMILES string of the molecule is CC(F)F.O=C1Nc2cc(Cn3cc(F)cn3)c(F)cc2C(C#CC2CC2)N1. The third-order valence-electron chi connectivity index (χ3n) is 4.00. The highest BCUT2D eigenvalue weighted by molar-refractivity contribution is 5.93. The molecule has 9 heteroatoms. The first-order valence-corrected chi connectivity index (χ1v) is 8.69. The van der Waals surface area contributed by atoms with Crippen molar-refractivity contribution in [3.8, 4) is 11.8 Å². The van der Waals surface area contributed by atoms with Crippen molar-refractivity contribution in [3.63, 3.8) is 0 Å². The first kappa shape index (κ1) is 19.7. The van der Waals surface area contributed by atoms with Gasteiger partial charge in [0.2, 0.25) is 6.43 Å². The van der Waals surface area contributed by atoms with Crippen LogP contribution in [0.2, 0.25) is 0 Å². The molecule has 1 aromatic carbocycles. The van der Waals surface area contributed by atoms with E-state index in [1.54, 1.807) is 6.07 Å². The molecule has 1 fully saturated rings. The van der Waals surface area contributed by atoms with Gasteiger partial charge in [-0.25, -0.2) is 22.4 Å². The Morgan fingerprint density at radius 1 is 1.29 bits per heavy atom. The summed E-state index contributed by atoms with van der Waals surface area (Å²) in [5, 5.41) is 9.16. The number of amides is 2. The van der Waals surface area contributed by atoms with E-state index in [2.05, 4.69) is 27.6 Å². The van der Waals surface area contributed by atoms with E-state index in [1.165, 1.54) is 16.9 Å². The summed E-state index contributed by atoms with van der Waals surface area (Å²) in [4.78, 5) is 11.8. The molecule has 1 atom stereocenters. The minimum atomic E-state index is -2.17. The van der Waals surface area contributed by atoms with Crippen molar-refractivity contribution in [1.82, 2.24) is 15.1 Å². The van der Waals surface area contributed by atoms with Crippen molar-refractivity contribution < 1.29 is 22.4 Å². The lowest BCUT2D eigenvalue weighted by Crippen LogP contribution is -2.37. The summed E-state index contributed by atoms with van der Waals surface area (Å²) in [7, 11) is 0. The smallest absolute Gasteiger partial charge is 0.320 e. The Balaban J connectivity index is 0.000000516. The maximum absolute atomic E-state index is 14.4. The van der Waals surface area contributed by atoms with Crippen LogP contribution in [0.3, 0.4) is 0 Å². The van der Waals surface area contributed by atoms with E-state index in [1.807, 2.05) is 0 Å². The third-order valence-corrected chi connectivity index (χ3v) is 4.00. The first-order valence-electron chi connectivity index (χ1n) is 8.69. The topological polar surface area (TPSA) is 59.0 Å². The van der Waals surface area contributed by atoms with Crippen molar-refractivity contribution in [2.75, 3.05) is 5.32 Å². The molecule has 0 saturated heterocycles. The lowest BCUT2D eigenvalue weighted by atomic mass is 9.99. The van der Waals surface area contributed by atoms with Crippen LogP contribution in [0.15, 0.2) is 24.5 Å². The highest BCUT2D eigenvalue weighted by atomic mass is 19.3. The molecule has 1 unspecified atom stereocenters. The number of alkyl halides is 2. The van der Waals surface area contributed by atoms with Crippen LogP contribution in [0.4, 0.5) is 28.0 Å². The number of carbonyl (C=O) groups excluding carboxylic acids is 1. The number of halogens is 4. The lowest BCUT2D eigenvalue weighted by Gasteiger charge is -2.24. The number of hydrogen-bond acceptors (Lipinski definition) is 2. The Bertz CT molecular complexity index is 925. The van der Waals surface area contributed by atoms with Crippen molar-refractivity contribution in [3.05, 3.63) is 47.3 Å². The van der Waals surface area contributed by atoms with Gasteiger partial charge in [-0.1, -0.05) is 11.8 Å². The van der Waals surface area contributed by atoms with Gasteiger partial charge in [0.1, 0.15) is 11.9 Å². The lowest BCUT2D eigenvalue weighted by molar-refractivity contribution is 0.171. The van der Waals surface area contributed by atoms with E-state index in [0.29, 0.717) is 22.7 Å².